The fraction of sp³-hybridized carbons (Fsp3) is 0.300. The van der Waals surface area contributed by atoms with E-state index in [-0.39, 0.29) is 37.3 Å². The van der Waals surface area contributed by atoms with Gasteiger partial charge in [0.25, 0.3) is 5.91 Å². The number of nitrogens with zero attached hydrogens (tertiary/aromatic N) is 4. The molecule has 3 N–H and O–H groups in total. The van der Waals surface area contributed by atoms with Gasteiger partial charge in [0.2, 0.25) is 5.95 Å². The van der Waals surface area contributed by atoms with Gasteiger partial charge in [-0.3, -0.25) is 4.79 Å². The van der Waals surface area contributed by atoms with Gasteiger partial charge in [0.15, 0.2) is 5.01 Å². The van der Waals surface area contributed by atoms with Crippen LogP contribution in [0.4, 0.5) is 24.8 Å². The number of carbonyl (C=O) groups excluding carboxylic acids is 1. The van der Waals surface area contributed by atoms with E-state index in [1.807, 2.05) is 13.0 Å². The lowest BCUT2D eigenvalue weighted by Crippen LogP contribution is -2.35. The van der Waals surface area contributed by atoms with Crippen LogP contribution < -0.4 is 5.32 Å². The highest BCUT2D eigenvalue weighted by atomic mass is 32.1. The highest BCUT2D eigenvalue weighted by Gasteiger charge is 2.32. The Morgan fingerprint density at radius 1 is 1.16 bits per heavy atom. The molecule has 12 heteroatoms. The molecule has 0 radical (unpaired) electrons. The average molecular weight is 467 g/mol. The van der Waals surface area contributed by atoms with Crippen LogP contribution in [0.25, 0.3) is 10.4 Å². The van der Waals surface area contributed by atoms with Crippen molar-refractivity contribution in [3.8, 4) is 10.4 Å². The number of rotatable bonds is 8. The van der Waals surface area contributed by atoms with Crippen LogP contribution in [0, 0.1) is 6.92 Å². The standard InChI is InChI=1S/C20H20F3N5O3S/c1-12-8-13(15-11-25-17(32-15)18(31)28(4-6-29)5-7-30)10-14(9-12)26-19-24-3-2-16(27-19)20(21,22)23/h2-3,8-11,29-30H,4-7H2,1H3,(H,24,26,27). The fourth-order valence-corrected chi connectivity index (χ4v) is 3.77. The second-order valence-electron chi connectivity index (χ2n) is 6.75. The predicted octanol–water partition coefficient (Wildman–Crippen LogP) is 3.10. The Kier molecular flexibility index (Phi) is 7.38. The number of nitrogens with one attached hydrogen (secondary N) is 1. The minimum Gasteiger partial charge on any atom is -0.395 e. The molecule has 2 aromatic heterocycles. The van der Waals surface area contributed by atoms with Gasteiger partial charge in [-0.1, -0.05) is 6.07 Å². The number of alkyl halides is 3. The third-order valence-electron chi connectivity index (χ3n) is 4.28. The lowest BCUT2D eigenvalue weighted by molar-refractivity contribution is -0.141. The number of hydrogen-bond acceptors (Lipinski definition) is 8. The molecule has 0 bridgehead atoms. The molecule has 0 saturated heterocycles. The number of aliphatic hydroxyl groups is 2. The van der Waals surface area contributed by atoms with Gasteiger partial charge in [0.1, 0.15) is 5.69 Å². The first-order valence-corrected chi connectivity index (χ1v) is 10.3. The summed E-state index contributed by atoms with van der Waals surface area (Å²) in [5.74, 6) is -0.604. The first-order chi connectivity index (χ1) is 15.2. The van der Waals surface area contributed by atoms with Crippen LogP contribution >= 0.6 is 11.3 Å². The van der Waals surface area contributed by atoms with Gasteiger partial charge in [-0.2, -0.15) is 13.2 Å². The largest absolute Gasteiger partial charge is 0.433 e. The van der Waals surface area contributed by atoms with Crippen molar-refractivity contribution < 1.29 is 28.2 Å². The Balaban J connectivity index is 1.85. The molecule has 32 heavy (non-hydrogen) atoms. The number of anilines is 2. The van der Waals surface area contributed by atoms with Gasteiger partial charge in [-0.05, 0) is 36.2 Å². The number of thiazole rings is 1. The fourth-order valence-electron chi connectivity index (χ4n) is 2.90. The molecule has 0 saturated carbocycles. The highest BCUT2D eigenvalue weighted by Crippen LogP contribution is 2.31. The Morgan fingerprint density at radius 2 is 1.88 bits per heavy atom. The summed E-state index contributed by atoms with van der Waals surface area (Å²) in [5, 5.41) is 21.2. The summed E-state index contributed by atoms with van der Waals surface area (Å²) in [6, 6.07) is 6.06. The zero-order chi connectivity index (χ0) is 23.3. The lowest BCUT2D eigenvalue weighted by Gasteiger charge is -2.18. The smallest absolute Gasteiger partial charge is 0.395 e. The third kappa shape index (κ3) is 5.78. The lowest BCUT2D eigenvalue weighted by atomic mass is 10.1. The van der Waals surface area contributed by atoms with E-state index in [9.17, 15) is 18.0 Å². The van der Waals surface area contributed by atoms with Gasteiger partial charge in [0, 0.05) is 31.2 Å². The number of halogens is 3. The molecule has 170 valence electrons. The maximum atomic E-state index is 12.9. The van der Waals surface area contributed by atoms with Gasteiger partial charge in [0.05, 0.1) is 18.1 Å². The van der Waals surface area contributed by atoms with Crippen molar-refractivity contribution in [3.05, 3.63) is 52.9 Å². The van der Waals surface area contributed by atoms with Crippen LogP contribution in [0.3, 0.4) is 0 Å². The molecular weight excluding hydrogens is 447 g/mol. The van der Waals surface area contributed by atoms with Crippen LogP contribution in [0.15, 0.2) is 36.7 Å². The van der Waals surface area contributed by atoms with Crippen molar-refractivity contribution in [2.45, 2.75) is 13.1 Å². The first-order valence-electron chi connectivity index (χ1n) is 9.47. The Morgan fingerprint density at radius 3 is 2.53 bits per heavy atom. The van der Waals surface area contributed by atoms with Gasteiger partial charge < -0.3 is 20.4 Å². The number of aromatic nitrogens is 3. The van der Waals surface area contributed by atoms with Crippen molar-refractivity contribution in [2.75, 3.05) is 31.6 Å². The molecule has 0 aliphatic rings. The zero-order valence-corrected chi connectivity index (χ0v) is 17.7. The molecule has 3 rings (SSSR count). The SMILES string of the molecule is Cc1cc(Nc2nccc(C(F)(F)F)n2)cc(-c2cnc(C(=O)N(CCO)CCO)s2)c1. The van der Waals surface area contributed by atoms with E-state index in [0.717, 1.165) is 29.2 Å². The Bertz CT molecular complexity index is 1080. The first kappa shape index (κ1) is 23.6. The van der Waals surface area contributed by atoms with E-state index in [1.54, 1.807) is 12.1 Å². The Hall–Kier alpha value is -3.09. The van der Waals surface area contributed by atoms with Crippen molar-refractivity contribution in [1.29, 1.82) is 0 Å². The summed E-state index contributed by atoms with van der Waals surface area (Å²) in [5.41, 5.74) is 0.943. The topological polar surface area (TPSA) is 111 Å². The Labute approximate surface area is 185 Å². The molecule has 0 fully saturated rings. The maximum Gasteiger partial charge on any atom is 0.433 e. The number of aryl methyl sites for hydroxylation is 1. The minimum absolute atomic E-state index is 0.0732. The van der Waals surface area contributed by atoms with Gasteiger partial charge >= 0.3 is 6.18 Å². The molecule has 3 aromatic rings. The van der Waals surface area contributed by atoms with E-state index in [1.165, 1.54) is 11.1 Å². The van der Waals surface area contributed by atoms with E-state index < -0.39 is 17.8 Å². The van der Waals surface area contributed by atoms with Crippen molar-refractivity contribution in [1.82, 2.24) is 19.9 Å². The molecule has 2 heterocycles. The van der Waals surface area contributed by atoms with E-state index in [0.29, 0.717) is 16.1 Å². The van der Waals surface area contributed by atoms with Crippen molar-refractivity contribution in [3.63, 3.8) is 0 Å². The number of carbonyl (C=O) groups is 1. The predicted molar refractivity (Wildman–Crippen MR) is 113 cm³/mol. The van der Waals surface area contributed by atoms with Gasteiger partial charge in [-0.15, -0.1) is 11.3 Å². The molecule has 0 spiro atoms. The van der Waals surface area contributed by atoms with E-state index in [2.05, 4.69) is 20.3 Å². The minimum atomic E-state index is -4.58. The van der Waals surface area contributed by atoms with Crippen molar-refractivity contribution in [2.24, 2.45) is 0 Å². The number of benzene rings is 1. The zero-order valence-electron chi connectivity index (χ0n) is 16.9. The summed E-state index contributed by atoms with van der Waals surface area (Å²) in [7, 11) is 0. The summed E-state index contributed by atoms with van der Waals surface area (Å²) in [6.07, 6.45) is -2.03. The molecule has 0 aliphatic carbocycles. The summed E-state index contributed by atoms with van der Waals surface area (Å²) >= 11 is 1.13. The molecule has 0 atom stereocenters. The third-order valence-corrected chi connectivity index (χ3v) is 5.31. The summed E-state index contributed by atoms with van der Waals surface area (Å²) < 4.78 is 38.7. The summed E-state index contributed by atoms with van der Waals surface area (Å²) in [4.78, 5) is 26.1. The second-order valence-corrected chi connectivity index (χ2v) is 7.78. The molecule has 8 nitrogen and oxygen atoms in total. The van der Waals surface area contributed by atoms with E-state index >= 15 is 0 Å². The highest BCUT2D eigenvalue weighted by molar-refractivity contribution is 7.16. The van der Waals surface area contributed by atoms with Crippen LogP contribution in [0.2, 0.25) is 0 Å². The number of hydrogen-bond donors (Lipinski definition) is 3. The number of aliphatic hydroxyl groups excluding tert-OH is 2. The second kappa shape index (κ2) is 10.0. The molecule has 1 aromatic carbocycles. The van der Waals surface area contributed by atoms with Crippen LogP contribution in [0.1, 0.15) is 21.1 Å². The number of amides is 1. The van der Waals surface area contributed by atoms with E-state index in [4.69, 9.17) is 10.2 Å². The van der Waals surface area contributed by atoms with Gasteiger partial charge in [-0.25, -0.2) is 15.0 Å². The van der Waals surface area contributed by atoms with Crippen LogP contribution in [0.5, 0.6) is 0 Å². The normalized spacial score (nSPS) is 11.4. The average Bonchev–Trinajstić information content (AvgIpc) is 3.23. The van der Waals surface area contributed by atoms with Crippen LogP contribution in [-0.2, 0) is 6.18 Å². The molecular formula is C20H20F3N5O3S. The molecule has 0 aliphatic heterocycles. The van der Waals surface area contributed by atoms with Crippen molar-refractivity contribution >= 4 is 28.9 Å². The molecule has 1 amide bonds. The van der Waals surface area contributed by atoms with Crippen LogP contribution in [-0.4, -0.2) is 62.3 Å². The maximum absolute atomic E-state index is 12.9. The molecule has 0 unspecified atom stereocenters. The summed E-state index contributed by atoms with van der Waals surface area (Å²) in [6.45, 7) is 1.48. The monoisotopic (exact) mass is 467 g/mol. The quantitative estimate of drug-likeness (QED) is 0.467.